The smallest absolute Gasteiger partial charge is 0.247 e. The van der Waals surface area contributed by atoms with E-state index in [9.17, 15) is 9.59 Å². The highest BCUT2D eigenvalue weighted by Gasteiger charge is 2.33. The van der Waals surface area contributed by atoms with Crippen LogP contribution < -0.4 is 5.32 Å². The third-order valence-electron chi connectivity index (χ3n) is 5.90. The van der Waals surface area contributed by atoms with Crippen LogP contribution in [0.1, 0.15) is 47.7 Å². The molecule has 0 spiro atoms. The van der Waals surface area contributed by atoms with Gasteiger partial charge in [-0.15, -0.1) is 11.3 Å². The maximum atomic E-state index is 13.6. The molecule has 0 saturated heterocycles. The van der Waals surface area contributed by atoms with Gasteiger partial charge in [0.1, 0.15) is 6.04 Å². The minimum Gasteiger partial charge on any atom is -0.351 e. The lowest BCUT2D eigenvalue weighted by molar-refractivity contribution is -0.141. The average molecular weight is 467 g/mol. The average Bonchev–Trinajstić information content (AvgIpc) is 3.50. The van der Waals surface area contributed by atoms with Crippen molar-refractivity contribution < 1.29 is 9.59 Å². The first-order chi connectivity index (χ1) is 15.6. The number of thiophene rings is 1. The predicted octanol–water partition coefficient (Wildman–Crippen LogP) is 5.77. The van der Waals surface area contributed by atoms with Crippen molar-refractivity contribution in [2.45, 2.75) is 50.7 Å². The zero-order chi connectivity index (χ0) is 22.3. The summed E-state index contributed by atoms with van der Waals surface area (Å²) >= 11 is 7.99. The van der Waals surface area contributed by atoms with E-state index in [1.807, 2.05) is 72.1 Å². The predicted molar refractivity (Wildman–Crippen MR) is 130 cm³/mol. The van der Waals surface area contributed by atoms with Crippen LogP contribution in [0.25, 0.3) is 0 Å². The number of benzene rings is 2. The summed E-state index contributed by atoms with van der Waals surface area (Å²) in [6.07, 6.45) is 4.48. The fourth-order valence-corrected chi connectivity index (χ4v) is 5.15. The molecule has 1 heterocycles. The van der Waals surface area contributed by atoms with Gasteiger partial charge in [-0.05, 0) is 41.5 Å². The Morgan fingerprint density at radius 3 is 2.41 bits per heavy atom. The van der Waals surface area contributed by atoms with Crippen LogP contribution in [0.15, 0.2) is 72.1 Å². The summed E-state index contributed by atoms with van der Waals surface area (Å²) in [7, 11) is 0. The normalized spacial score (nSPS) is 14.8. The van der Waals surface area contributed by atoms with Crippen LogP contribution in [0.4, 0.5) is 0 Å². The van der Waals surface area contributed by atoms with Crippen LogP contribution in [-0.4, -0.2) is 22.8 Å². The van der Waals surface area contributed by atoms with Gasteiger partial charge in [-0.1, -0.05) is 79.0 Å². The highest BCUT2D eigenvalue weighted by Crippen LogP contribution is 2.28. The second-order valence-corrected chi connectivity index (χ2v) is 9.61. The van der Waals surface area contributed by atoms with Crippen LogP contribution in [0.3, 0.4) is 0 Å². The summed E-state index contributed by atoms with van der Waals surface area (Å²) in [5, 5.41) is 5.76. The molecule has 2 aromatic carbocycles. The van der Waals surface area contributed by atoms with Gasteiger partial charge in [0.2, 0.25) is 11.8 Å². The molecule has 0 radical (unpaired) electrons. The third-order valence-corrected chi connectivity index (χ3v) is 7.15. The summed E-state index contributed by atoms with van der Waals surface area (Å²) in [5.41, 5.74) is 1.62. The minimum absolute atomic E-state index is 0.0946. The van der Waals surface area contributed by atoms with Gasteiger partial charge < -0.3 is 10.2 Å². The topological polar surface area (TPSA) is 49.4 Å². The lowest BCUT2D eigenvalue weighted by atomic mass is 10.0. The number of carbonyl (C=O) groups is 2. The van der Waals surface area contributed by atoms with Gasteiger partial charge in [0.15, 0.2) is 0 Å². The first-order valence-corrected chi connectivity index (χ1v) is 12.3. The van der Waals surface area contributed by atoms with E-state index in [2.05, 4.69) is 5.32 Å². The number of amides is 2. The van der Waals surface area contributed by atoms with Crippen LogP contribution in [0.5, 0.6) is 0 Å². The summed E-state index contributed by atoms with van der Waals surface area (Å²) in [4.78, 5) is 29.8. The molecule has 32 heavy (non-hydrogen) atoms. The van der Waals surface area contributed by atoms with Gasteiger partial charge in [0.05, 0.1) is 6.42 Å². The molecule has 3 aromatic rings. The van der Waals surface area contributed by atoms with Gasteiger partial charge in [0.25, 0.3) is 0 Å². The molecular formula is C26H27ClN2O2S. The zero-order valence-electron chi connectivity index (χ0n) is 17.9. The van der Waals surface area contributed by atoms with E-state index in [1.54, 1.807) is 16.2 Å². The molecule has 1 atom stereocenters. The highest BCUT2D eigenvalue weighted by molar-refractivity contribution is 7.10. The van der Waals surface area contributed by atoms with Gasteiger partial charge in [-0.3, -0.25) is 9.59 Å². The Morgan fingerprint density at radius 1 is 1.00 bits per heavy atom. The lowest BCUT2D eigenvalue weighted by Gasteiger charge is -2.32. The van der Waals surface area contributed by atoms with E-state index in [4.69, 9.17) is 11.6 Å². The first-order valence-electron chi connectivity index (χ1n) is 11.0. The molecule has 0 bridgehead atoms. The van der Waals surface area contributed by atoms with E-state index in [0.29, 0.717) is 5.02 Å². The SMILES string of the molecule is O=C(NC1CCCC1)[C@H](c1ccccc1)N(Cc1ccccc1Cl)C(=O)Cc1cccs1. The molecule has 0 unspecified atom stereocenters. The molecule has 1 aliphatic rings. The number of nitrogens with one attached hydrogen (secondary N) is 1. The molecule has 6 heteroatoms. The summed E-state index contributed by atoms with van der Waals surface area (Å²) < 4.78 is 0. The maximum Gasteiger partial charge on any atom is 0.247 e. The van der Waals surface area contributed by atoms with Gasteiger partial charge in [0, 0.05) is 22.5 Å². The minimum atomic E-state index is -0.722. The number of halogens is 1. The van der Waals surface area contributed by atoms with Crippen LogP contribution in [0.2, 0.25) is 5.02 Å². The molecule has 2 amide bonds. The van der Waals surface area contributed by atoms with Gasteiger partial charge in [-0.25, -0.2) is 0 Å². The Morgan fingerprint density at radius 2 is 1.72 bits per heavy atom. The molecular weight excluding hydrogens is 440 g/mol. The van der Waals surface area contributed by atoms with Crippen LogP contribution in [0, 0.1) is 0 Å². The number of rotatable bonds is 8. The van der Waals surface area contributed by atoms with Crippen molar-refractivity contribution in [2.75, 3.05) is 0 Å². The summed E-state index contributed by atoms with van der Waals surface area (Å²) in [6, 6.07) is 20.4. The molecule has 4 nitrogen and oxygen atoms in total. The molecule has 1 saturated carbocycles. The van der Waals surface area contributed by atoms with E-state index in [-0.39, 0.29) is 30.8 Å². The van der Waals surface area contributed by atoms with Crippen LogP contribution in [-0.2, 0) is 22.6 Å². The van der Waals surface area contributed by atoms with E-state index in [0.717, 1.165) is 41.7 Å². The zero-order valence-corrected chi connectivity index (χ0v) is 19.4. The van der Waals surface area contributed by atoms with Crippen molar-refractivity contribution in [2.24, 2.45) is 0 Å². The fraction of sp³-hybridized carbons (Fsp3) is 0.308. The molecule has 1 aromatic heterocycles. The van der Waals surface area contributed by atoms with Crippen molar-refractivity contribution in [3.8, 4) is 0 Å². The maximum absolute atomic E-state index is 13.6. The van der Waals surface area contributed by atoms with Crippen molar-refractivity contribution in [1.82, 2.24) is 10.2 Å². The van der Waals surface area contributed by atoms with Crippen molar-refractivity contribution in [1.29, 1.82) is 0 Å². The number of nitrogens with zero attached hydrogens (tertiary/aromatic N) is 1. The first kappa shape index (κ1) is 22.6. The summed E-state index contributed by atoms with van der Waals surface area (Å²) in [5.74, 6) is -0.225. The Labute approximate surface area is 198 Å². The second kappa shape index (κ2) is 10.8. The van der Waals surface area contributed by atoms with Crippen molar-refractivity contribution in [3.63, 3.8) is 0 Å². The Bertz CT molecular complexity index is 1030. The number of hydrogen-bond acceptors (Lipinski definition) is 3. The molecule has 0 aliphatic heterocycles. The quantitative estimate of drug-likeness (QED) is 0.458. The molecule has 1 N–H and O–H groups in total. The summed E-state index contributed by atoms with van der Waals surface area (Å²) in [6.45, 7) is 0.265. The molecule has 1 aliphatic carbocycles. The number of carbonyl (C=O) groups excluding carboxylic acids is 2. The second-order valence-electron chi connectivity index (χ2n) is 8.17. The Hall–Kier alpha value is -2.63. The van der Waals surface area contributed by atoms with Crippen LogP contribution >= 0.6 is 22.9 Å². The van der Waals surface area contributed by atoms with Gasteiger partial charge in [-0.2, -0.15) is 0 Å². The van der Waals surface area contributed by atoms with Crippen molar-refractivity contribution >= 4 is 34.8 Å². The Balaban J connectivity index is 1.69. The molecule has 4 rings (SSSR count). The van der Waals surface area contributed by atoms with E-state index < -0.39 is 6.04 Å². The van der Waals surface area contributed by atoms with Gasteiger partial charge >= 0.3 is 0 Å². The fourth-order valence-electron chi connectivity index (χ4n) is 4.26. The standard InChI is InChI=1S/C26H27ClN2O2S/c27-23-15-7-4-11-20(23)18-29(24(30)17-22-14-8-16-32-22)25(19-9-2-1-3-10-19)26(31)28-21-12-5-6-13-21/h1-4,7-11,14-16,21,25H,5-6,12-13,17-18H2,(H,28,31)/t25-/m0/s1. The third kappa shape index (κ3) is 5.59. The van der Waals surface area contributed by atoms with E-state index in [1.165, 1.54) is 0 Å². The molecule has 166 valence electrons. The molecule has 1 fully saturated rings. The van der Waals surface area contributed by atoms with Crippen molar-refractivity contribution in [3.05, 3.63) is 93.1 Å². The lowest BCUT2D eigenvalue weighted by Crippen LogP contribution is -2.46. The highest BCUT2D eigenvalue weighted by atomic mass is 35.5. The monoisotopic (exact) mass is 466 g/mol. The van der Waals surface area contributed by atoms with E-state index >= 15 is 0 Å². The number of hydrogen-bond donors (Lipinski definition) is 1. The largest absolute Gasteiger partial charge is 0.351 e. The Kier molecular flexibility index (Phi) is 7.61.